The van der Waals surface area contributed by atoms with Crippen LogP contribution in [0.25, 0.3) is 0 Å². The van der Waals surface area contributed by atoms with Gasteiger partial charge in [0.2, 0.25) is 0 Å². The Morgan fingerprint density at radius 2 is 2.24 bits per heavy atom. The molecular formula is C13H19BrFNO. The summed E-state index contributed by atoms with van der Waals surface area (Å²) in [7, 11) is 1.70. The highest BCUT2D eigenvalue weighted by atomic mass is 79.9. The molecule has 0 aliphatic carbocycles. The van der Waals surface area contributed by atoms with Gasteiger partial charge in [-0.05, 0) is 30.2 Å². The van der Waals surface area contributed by atoms with Crippen LogP contribution in [0.1, 0.15) is 25.3 Å². The van der Waals surface area contributed by atoms with E-state index in [9.17, 15) is 4.39 Å². The van der Waals surface area contributed by atoms with Gasteiger partial charge >= 0.3 is 0 Å². The van der Waals surface area contributed by atoms with Crippen molar-refractivity contribution >= 4 is 15.9 Å². The summed E-state index contributed by atoms with van der Waals surface area (Å²) < 4.78 is 19.2. The van der Waals surface area contributed by atoms with E-state index >= 15 is 0 Å². The van der Waals surface area contributed by atoms with E-state index in [4.69, 9.17) is 4.74 Å². The Hall–Kier alpha value is -0.450. The van der Waals surface area contributed by atoms with Gasteiger partial charge in [-0.1, -0.05) is 29.3 Å². The maximum atomic E-state index is 13.1. The lowest BCUT2D eigenvalue weighted by atomic mass is 10.1. The number of hydrogen-bond acceptors (Lipinski definition) is 2. The minimum atomic E-state index is -0.205. The Labute approximate surface area is 111 Å². The van der Waals surface area contributed by atoms with Crippen molar-refractivity contribution in [3.05, 3.63) is 34.1 Å². The third-order valence-electron chi connectivity index (χ3n) is 2.59. The van der Waals surface area contributed by atoms with Crippen molar-refractivity contribution in [3.63, 3.8) is 0 Å². The van der Waals surface area contributed by atoms with Crippen LogP contribution in [0.4, 0.5) is 4.39 Å². The fourth-order valence-corrected chi connectivity index (χ4v) is 2.11. The molecule has 0 heterocycles. The van der Waals surface area contributed by atoms with E-state index < -0.39 is 0 Å². The third kappa shape index (κ3) is 5.15. The normalized spacial score (nSPS) is 12.7. The minimum Gasteiger partial charge on any atom is -0.383 e. The van der Waals surface area contributed by atoms with Gasteiger partial charge in [0.1, 0.15) is 5.82 Å². The quantitative estimate of drug-likeness (QED) is 0.832. The number of halogens is 2. The zero-order valence-corrected chi connectivity index (χ0v) is 11.9. The van der Waals surface area contributed by atoms with E-state index in [1.165, 1.54) is 6.07 Å². The lowest BCUT2D eigenvalue weighted by Gasteiger charge is -2.17. The molecule has 0 radical (unpaired) electrons. The van der Waals surface area contributed by atoms with Crippen LogP contribution in [0.3, 0.4) is 0 Å². The Kier molecular flexibility index (Phi) is 6.70. The molecule has 0 bridgehead atoms. The minimum absolute atomic E-state index is 0.205. The highest BCUT2D eigenvalue weighted by Gasteiger charge is 2.08. The maximum absolute atomic E-state index is 13.1. The fourth-order valence-electron chi connectivity index (χ4n) is 1.73. The topological polar surface area (TPSA) is 21.3 Å². The average Bonchev–Trinajstić information content (AvgIpc) is 2.30. The monoisotopic (exact) mass is 303 g/mol. The smallest absolute Gasteiger partial charge is 0.123 e. The lowest BCUT2D eigenvalue weighted by molar-refractivity contribution is 0.161. The molecule has 17 heavy (non-hydrogen) atoms. The van der Waals surface area contributed by atoms with Gasteiger partial charge in [-0.3, -0.25) is 0 Å². The second-order valence-corrected chi connectivity index (χ2v) is 4.91. The molecular weight excluding hydrogens is 285 g/mol. The summed E-state index contributed by atoms with van der Waals surface area (Å²) in [6.07, 6.45) is 2.16. The van der Waals surface area contributed by atoms with Gasteiger partial charge in [-0.2, -0.15) is 0 Å². The first-order valence-corrected chi connectivity index (χ1v) is 6.63. The molecule has 4 heteroatoms. The van der Waals surface area contributed by atoms with Crippen molar-refractivity contribution in [2.24, 2.45) is 0 Å². The van der Waals surface area contributed by atoms with E-state index in [-0.39, 0.29) is 5.82 Å². The van der Waals surface area contributed by atoms with Crippen molar-refractivity contribution in [1.82, 2.24) is 5.32 Å². The number of nitrogens with one attached hydrogen (secondary N) is 1. The van der Waals surface area contributed by atoms with Crippen molar-refractivity contribution in [2.45, 2.75) is 32.4 Å². The Morgan fingerprint density at radius 3 is 2.88 bits per heavy atom. The first kappa shape index (κ1) is 14.6. The molecule has 0 saturated carbocycles. The van der Waals surface area contributed by atoms with Crippen LogP contribution in [0, 0.1) is 5.82 Å². The molecule has 0 spiro atoms. The van der Waals surface area contributed by atoms with E-state index in [0.29, 0.717) is 19.2 Å². The first-order chi connectivity index (χ1) is 8.17. The van der Waals surface area contributed by atoms with Crippen molar-refractivity contribution in [3.8, 4) is 0 Å². The highest BCUT2D eigenvalue weighted by molar-refractivity contribution is 9.10. The van der Waals surface area contributed by atoms with Gasteiger partial charge < -0.3 is 10.1 Å². The maximum Gasteiger partial charge on any atom is 0.123 e. The van der Waals surface area contributed by atoms with E-state index in [2.05, 4.69) is 28.2 Å². The molecule has 0 fully saturated rings. The van der Waals surface area contributed by atoms with Gasteiger partial charge in [0.25, 0.3) is 0 Å². The van der Waals surface area contributed by atoms with Crippen LogP contribution < -0.4 is 5.32 Å². The summed E-state index contributed by atoms with van der Waals surface area (Å²) in [6, 6.07) is 5.05. The number of rotatable bonds is 7. The van der Waals surface area contributed by atoms with Crippen LogP contribution in [-0.4, -0.2) is 19.8 Å². The summed E-state index contributed by atoms with van der Waals surface area (Å²) in [4.78, 5) is 0. The van der Waals surface area contributed by atoms with Gasteiger partial charge in [0, 0.05) is 24.2 Å². The van der Waals surface area contributed by atoms with Crippen molar-refractivity contribution in [2.75, 3.05) is 13.7 Å². The Balaban J connectivity index is 2.55. The molecule has 1 aromatic rings. The van der Waals surface area contributed by atoms with Crippen LogP contribution >= 0.6 is 15.9 Å². The molecule has 0 amide bonds. The van der Waals surface area contributed by atoms with Crippen molar-refractivity contribution in [1.29, 1.82) is 0 Å². The molecule has 96 valence electrons. The van der Waals surface area contributed by atoms with Crippen LogP contribution in [0.2, 0.25) is 0 Å². The van der Waals surface area contributed by atoms with Gasteiger partial charge in [-0.25, -0.2) is 4.39 Å². The van der Waals surface area contributed by atoms with E-state index in [1.807, 2.05) is 0 Å². The summed E-state index contributed by atoms with van der Waals surface area (Å²) in [6.45, 7) is 3.47. The van der Waals surface area contributed by atoms with Crippen molar-refractivity contribution < 1.29 is 9.13 Å². The number of methoxy groups -OCH3 is 1. The highest BCUT2D eigenvalue weighted by Crippen LogP contribution is 2.17. The summed E-state index contributed by atoms with van der Waals surface area (Å²) in [5.41, 5.74) is 0.933. The average molecular weight is 304 g/mol. The zero-order chi connectivity index (χ0) is 12.7. The number of hydrogen-bond donors (Lipinski definition) is 1. The second kappa shape index (κ2) is 7.80. The number of benzene rings is 1. The molecule has 1 N–H and O–H groups in total. The van der Waals surface area contributed by atoms with Crippen LogP contribution in [-0.2, 0) is 11.3 Å². The number of ether oxygens (including phenoxy) is 1. The zero-order valence-electron chi connectivity index (χ0n) is 10.3. The van der Waals surface area contributed by atoms with E-state index in [1.54, 1.807) is 19.2 Å². The SMILES string of the molecule is CCCC(COC)NCc1cc(F)ccc1Br. The molecule has 0 aliphatic heterocycles. The summed E-state index contributed by atoms with van der Waals surface area (Å²) in [5, 5.41) is 3.38. The van der Waals surface area contributed by atoms with Gasteiger partial charge in [-0.15, -0.1) is 0 Å². The van der Waals surface area contributed by atoms with E-state index in [0.717, 1.165) is 22.9 Å². The van der Waals surface area contributed by atoms with Crippen LogP contribution in [0.15, 0.2) is 22.7 Å². The molecule has 1 unspecified atom stereocenters. The lowest BCUT2D eigenvalue weighted by Crippen LogP contribution is -2.32. The summed E-state index contributed by atoms with van der Waals surface area (Å²) >= 11 is 3.42. The molecule has 1 aromatic carbocycles. The molecule has 0 saturated heterocycles. The Morgan fingerprint density at radius 1 is 1.47 bits per heavy atom. The largest absolute Gasteiger partial charge is 0.383 e. The fraction of sp³-hybridized carbons (Fsp3) is 0.538. The molecule has 0 aromatic heterocycles. The first-order valence-electron chi connectivity index (χ1n) is 5.83. The predicted molar refractivity (Wildman–Crippen MR) is 71.5 cm³/mol. The summed E-state index contributed by atoms with van der Waals surface area (Å²) in [5.74, 6) is -0.205. The van der Waals surface area contributed by atoms with Gasteiger partial charge in [0.05, 0.1) is 6.61 Å². The third-order valence-corrected chi connectivity index (χ3v) is 3.37. The molecule has 1 rings (SSSR count). The molecule has 0 aliphatic rings. The predicted octanol–water partition coefficient (Wildman–Crippen LogP) is 3.49. The van der Waals surface area contributed by atoms with Crippen LogP contribution in [0.5, 0.6) is 0 Å². The standard InChI is InChI=1S/C13H19BrFNO/c1-3-4-12(9-17-2)16-8-10-7-11(15)5-6-13(10)14/h5-7,12,16H,3-4,8-9H2,1-2H3. The Bertz CT molecular complexity index is 340. The van der Waals surface area contributed by atoms with Gasteiger partial charge in [0.15, 0.2) is 0 Å². The molecule has 1 atom stereocenters. The molecule has 2 nitrogen and oxygen atoms in total. The second-order valence-electron chi connectivity index (χ2n) is 4.06.